The summed E-state index contributed by atoms with van der Waals surface area (Å²) in [5, 5.41) is 4.43. The van der Waals surface area contributed by atoms with E-state index in [0.29, 0.717) is 12.1 Å². The van der Waals surface area contributed by atoms with Crippen LogP contribution in [0, 0.1) is 0 Å². The number of likely N-dealkylation sites (N-methyl/N-ethyl adjacent to an activating group) is 1. The molecule has 1 saturated heterocycles. The van der Waals surface area contributed by atoms with Crippen LogP contribution in [-0.4, -0.2) is 39.6 Å². The highest BCUT2D eigenvalue weighted by Crippen LogP contribution is 2.25. The number of halogens is 1. The van der Waals surface area contributed by atoms with Crippen LogP contribution in [0.2, 0.25) is 5.02 Å². The predicted molar refractivity (Wildman–Crippen MR) is 112 cm³/mol. The molecule has 0 saturated carbocycles. The van der Waals surface area contributed by atoms with Crippen LogP contribution < -0.4 is 5.32 Å². The van der Waals surface area contributed by atoms with Gasteiger partial charge >= 0.3 is 0 Å². The van der Waals surface area contributed by atoms with Crippen LogP contribution in [-0.2, 0) is 13.1 Å². The van der Waals surface area contributed by atoms with Gasteiger partial charge in [-0.25, -0.2) is 4.98 Å². The van der Waals surface area contributed by atoms with Gasteiger partial charge in [0, 0.05) is 30.2 Å². The van der Waals surface area contributed by atoms with Crippen molar-refractivity contribution in [2.24, 2.45) is 0 Å². The molecule has 1 fully saturated rings. The molecule has 1 aliphatic rings. The van der Waals surface area contributed by atoms with Gasteiger partial charge in [0.1, 0.15) is 0 Å². The van der Waals surface area contributed by atoms with Crippen molar-refractivity contribution in [3.63, 3.8) is 0 Å². The number of benzene rings is 2. The van der Waals surface area contributed by atoms with Gasteiger partial charge in [0.25, 0.3) is 0 Å². The largest absolute Gasteiger partial charge is 0.326 e. The Bertz CT molecular complexity index is 920. The van der Waals surface area contributed by atoms with Crippen LogP contribution in [0.5, 0.6) is 0 Å². The quantitative estimate of drug-likeness (QED) is 0.689. The molecule has 2 atom stereocenters. The fraction of sp³-hybridized carbons (Fsp3) is 0.409. The Balaban J connectivity index is 1.47. The lowest BCUT2D eigenvalue weighted by atomic mass is 10.1. The maximum atomic E-state index is 6.63. The van der Waals surface area contributed by atoms with E-state index >= 15 is 0 Å². The molecule has 0 bridgehead atoms. The van der Waals surface area contributed by atoms with Gasteiger partial charge in [-0.3, -0.25) is 4.90 Å². The lowest BCUT2D eigenvalue weighted by molar-refractivity contribution is 0.242. The smallest absolute Gasteiger partial charge is 0.0961 e. The molecular weight excluding hydrogens is 356 g/mol. The SMILES string of the molecule is CCNC1CCN(Cc2ccc(Cn3cnc4ccccc43)c(Cl)c2)C1C. The van der Waals surface area contributed by atoms with Crippen molar-refractivity contribution in [1.29, 1.82) is 0 Å². The summed E-state index contributed by atoms with van der Waals surface area (Å²) in [5.41, 5.74) is 4.56. The van der Waals surface area contributed by atoms with Crippen molar-refractivity contribution < 1.29 is 0 Å². The zero-order valence-corrected chi connectivity index (χ0v) is 16.8. The highest BCUT2D eigenvalue weighted by atomic mass is 35.5. The Hall–Kier alpha value is -1.88. The molecule has 2 heterocycles. The molecule has 0 aliphatic carbocycles. The zero-order chi connectivity index (χ0) is 18.8. The van der Waals surface area contributed by atoms with Gasteiger partial charge in [-0.15, -0.1) is 0 Å². The first-order valence-corrected chi connectivity index (χ1v) is 10.2. The Morgan fingerprint density at radius 3 is 2.85 bits per heavy atom. The number of hydrogen-bond acceptors (Lipinski definition) is 3. The van der Waals surface area contributed by atoms with Crippen molar-refractivity contribution in [3.05, 3.63) is 64.9 Å². The van der Waals surface area contributed by atoms with Crippen LogP contribution >= 0.6 is 11.6 Å². The molecule has 4 rings (SSSR count). The summed E-state index contributed by atoms with van der Waals surface area (Å²) in [4.78, 5) is 7.01. The summed E-state index contributed by atoms with van der Waals surface area (Å²) in [6.45, 7) is 8.36. The lowest BCUT2D eigenvalue weighted by Gasteiger charge is -2.25. The number of likely N-dealkylation sites (tertiary alicyclic amines) is 1. The molecule has 5 heteroatoms. The highest BCUT2D eigenvalue weighted by molar-refractivity contribution is 6.31. The van der Waals surface area contributed by atoms with Crippen LogP contribution in [0.3, 0.4) is 0 Å². The average molecular weight is 383 g/mol. The summed E-state index contributed by atoms with van der Waals surface area (Å²) >= 11 is 6.63. The van der Waals surface area contributed by atoms with E-state index in [-0.39, 0.29) is 0 Å². The van der Waals surface area contributed by atoms with Crippen molar-refractivity contribution in [2.75, 3.05) is 13.1 Å². The van der Waals surface area contributed by atoms with Gasteiger partial charge in [0.15, 0.2) is 0 Å². The van der Waals surface area contributed by atoms with Gasteiger partial charge in [0.2, 0.25) is 0 Å². The lowest BCUT2D eigenvalue weighted by Crippen LogP contribution is -2.40. The first-order chi connectivity index (χ1) is 13.2. The van der Waals surface area contributed by atoms with E-state index in [1.165, 1.54) is 12.0 Å². The molecular formula is C22H27ClN4. The summed E-state index contributed by atoms with van der Waals surface area (Å²) in [7, 11) is 0. The van der Waals surface area contributed by atoms with Crippen molar-refractivity contribution >= 4 is 22.6 Å². The number of para-hydroxylation sites is 2. The summed E-state index contributed by atoms with van der Waals surface area (Å²) in [6, 6.07) is 15.9. The number of hydrogen-bond donors (Lipinski definition) is 1. The minimum Gasteiger partial charge on any atom is -0.326 e. The van der Waals surface area contributed by atoms with Crippen LogP contribution in [0.25, 0.3) is 11.0 Å². The molecule has 0 spiro atoms. The number of nitrogens with zero attached hydrogens (tertiary/aromatic N) is 3. The summed E-state index contributed by atoms with van der Waals surface area (Å²) < 4.78 is 2.15. The first kappa shape index (κ1) is 18.5. The molecule has 142 valence electrons. The second-order valence-electron chi connectivity index (χ2n) is 7.45. The Kier molecular flexibility index (Phi) is 5.48. The predicted octanol–water partition coefficient (Wildman–Crippen LogP) is 4.31. The van der Waals surface area contributed by atoms with Crippen molar-refractivity contribution in [3.8, 4) is 0 Å². The van der Waals surface area contributed by atoms with E-state index in [2.05, 4.69) is 57.9 Å². The van der Waals surface area contributed by atoms with E-state index in [1.54, 1.807) is 0 Å². The molecule has 1 N–H and O–H groups in total. The molecule has 4 nitrogen and oxygen atoms in total. The normalized spacial score (nSPS) is 20.6. The van der Waals surface area contributed by atoms with Gasteiger partial charge < -0.3 is 9.88 Å². The summed E-state index contributed by atoms with van der Waals surface area (Å²) in [6.07, 6.45) is 3.11. The Morgan fingerprint density at radius 1 is 1.19 bits per heavy atom. The minimum atomic E-state index is 0.556. The Morgan fingerprint density at radius 2 is 2.04 bits per heavy atom. The fourth-order valence-electron chi connectivity index (χ4n) is 4.13. The van der Waals surface area contributed by atoms with Crippen molar-refractivity contribution in [2.45, 2.75) is 45.4 Å². The van der Waals surface area contributed by atoms with E-state index in [9.17, 15) is 0 Å². The standard InChI is InChI=1S/C22H27ClN4/c1-3-24-20-10-11-26(16(20)2)13-17-8-9-18(19(23)12-17)14-27-15-25-21-6-4-5-7-22(21)27/h4-9,12,15-16,20,24H,3,10-11,13-14H2,1-2H3. The van der Waals surface area contributed by atoms with Crippen LogP contribution in [0.4, 0.5) is 0 Å². The number of rotatable bonds is 6. The van der Waals surface area contributed by atoms with E-state index in [1.807, 2.05) is 24.5 Å². The molecule has 2 unspecified atom stereocenters. The third-order valence-corrected chi connectivity index (χ3v) is 6.07. The molecule has 27 heavy (non-hydrogen) atoms. The average Bonchev–Trinajstić information content (AvgIpc) is 3.23. The number of nitrogens with one attached hydrogen (secondary N) is 1. The molecule has 2 aromatic carbocycles. The Labute approximate surface area is 166 Å². The number of imidazole rings is 1. The molecule has 1 aromatic heterocycles. The minimum absolute atomic E-state index is 0.556. The topological polar surface area (TPSA) is 33.1 Å². The maximum Gasteiger partial charge on any atom is 0.0961 e. The maximum absolute atomic E-state index is 6.63. The van der Waals surface area contributed by atoms with E-state index < -0.39 is 0 Å². The van der Waals surface area contributed by atoms with Gasteiger partial charge in [-0.05, 0) is 49.2 Å². The second-order valence-corrected chi connectivity index (χ2v) is 7.86. The van der Waals surface area contributed by atoms with Crippen molar-refractivity contribution in [1.82, 2.24) is 19.8 Å². The summed E-state index contributed by atoms with van der Waals surface area (Å²) in [5.74, 6) is 0. The third kappa shape index (κ3) is 3.88. The monoisotopic (exact) mass is 382 g/mol. The zero-order valence-electron chi connectivity index (χ0n) is 16.0. The van der Waals surface area contributed by atoms with Gasteiger partial charge in [-0.2, -0.15) is 0 Å². The molecule has 0 amide bonds. The first-order valence-electron chi connectivity index (χ1n) is 9.80. The fourth-order valence-corrected chi connectivity index (χ4v) is 4.40. The third-order valence-electron chi connectivity index (χ3n) is 5.72. The van der Waals surface area contributed by atoms with E-state index in [0.717, 1.165) is 47.8 Å². The molecule has 3 aromatic rings. The van der Waals surface area contributed by atoms with Crippen LogP contribution in [0.15, 0.2) is 48.8 Å². The second kappa shape index (κ2) is 8.01. The molecule has 0 radical (unpaired) electrons. The van der Waals surface area contributed by atoms with Gasteiger partial charge in [-0.1, -0.05) is 42.8 Å². The van der Waals surface area contributed by atoms with Crippen LogP contribution in [0.1, 0.15) is 31.4 Å². The molecule has 1 aliphatic heterocycles. The number of aromatic nitrogens is 2. The van der Waals surface area contributed by atoms with Gasteiger partial charge in [0.05, 0.1) is 23.9 Å². The number of fused-ring (bicyclic) bond motifs is 1. The highest BCUT2D eigenvalue weighted by Gasteiger charge is 2.29. The van der Waals surface area contributed by atoms with E-state index in [4.69, 9.17) is 11.6 Å².